The van der Waals surface area contributed by atoms with Gasteiger partial charge >= 0.3 is 0 Å². The highest BCUT2D eigenvalue weighted by molar-refractivity contribution is 5.82. The molecule has 0 spiro atoms. The molecule has 0 bridgehead atoms. The molecule has 2 aliphatic carbocycles. The lowest BCUT2D eigenvalue weighted by atomic mass is 9.69. The largest absolute Gasteiger partial charge is 0.299 e. The highest BCUT2D eigenvalue weighted by atomic mass is 16.1. The highest BCUT2D eigenvalue weighted by Gasteiger charge is 2.33. The minimum atomic E-state index is 0.484. The molecule has 0 heterocycles. The van der Waals surface area contributed by atoms with Crippen LogP contribution < -0.4 is 0 Å². The van der Waals surface area contributed by atoms with Crippen molar-refractivity contribution in [2.45, 2.75) is 44.9 Å². The molecule has 0 amide bonds. The molecule has 62 valence electrons. The van der Waals surface area contributed by atoms with E-state index in [1.165, 1.54) is 32.1 Å². The Hall–Kier alpha value is -0.330. The van der Waals surface area contributed by atoms with Crippen molar-refractivity contribution in [3.05, 3.63) is 0 Å². The Balaban J connectivity index is 1.93. The molecule has 2 rings (SSSR count). The molecule has 0 aliphatic heterocycles. The fourth-order valence-electron chi connectivity index (χ4n) is 2.35. The van der Waals surface area contributed by atoms with Gasteiger partial charge in [0.15, 0.2) is 0 Å². The van der Waals surface area contributed by atoms with Gasteiger partial charge in [0.1, 0.15) is 5.78 Å². The van der Waals surface area contributed by atoms with Crippen molar-refractivity contribution in [1.82, 2.24) is 0 Å². The molecule has 1 nitrogen and oxygen atoms in total. The second kappa shape index (κ2) is 2.96. The molecular weight excluding hydrogens is 136 g/mol. The number of ketones is 1. The van der Waals surface area contributed by atoms with E-state index in [0.29, 0.717) is 11.7 Å². The first-order chi connectivity index (χ1) is 5.38. The molecule has 0 radical (unpaired) electrons. The number of hydrogen-bond donors (Lipinski definition) is 0. The van der Waals surface area contributed by atoms with Gasteiger partial charge in [0, 0.05) is 12.3 Å². The Bertz CT molecular complexity index is 158. The minimum Gasteiger partial charge on any atom is -0.299 e. The molecule has 0 aromatic heterocycles. The van der Waals surface area contributed by atoms with Gasteiger partial charge in [0.2, 0.25) is 0 Å². The maximum atomic E-state index is 11.4. The third kappa shape index (κ3) is 1.33. The zero-order valence-electron chi connectivity index (χ0n) is 7.01. The summed E-state index contributed by atoms with van der Waals surface area (Å²) in [6, 6.07) is 0. The smallest absolute Gasteiger partial charge is 0.136 e. The minimum absolute atomic E-state index is 0.484. The maximum absolute atomic E-state index is 11.4. The van der Waals surface area contributed by atoms with Gasteiger partial charge in [0.25, 0.3) is 0 Å². The molecule has 0 saturated heterocycles. The summed E-state index contributed by atoms with van der Waals surface area (Å²) in [6.45, 7) is 0. The van der Waals surface area contributed by atoms with Crippen LogP contribution in [0.4, 0.5) is 0 Å². The van der Waals surface area contributed by atoms with Crippen molar-refractivity contribution in [1.29, 1.82) is 0 Å². The molecule has 1 atom stereocenters. The van der Waals surface area contributed by atoms with Crippen molar-refractivity contribution in [3.63, 3.8) is 0 Å². The van der Waals surface area contributed by atoms with Gasteiger partial charge in [-0.15, -0.1) is 0 Å². The van der Waals surface area contributed by atoms with Gasteiger partial charge < -0.3 is 0 Å². The summed E-state index contributed by atoms with van der Waals surface area (Å²) in [6.07, 6.45) is 8.56. The van der Waals surface area contributed by atoms with Gasteiger partial charge in [-0.25, -0.2) is 0 Å². The number of hydrogen-bond acceptors (Lipinski definition) is 1. The lowest BCUT2D eigenvalue weighted by Crippen LogP contribution is -2.30. The van der Waals surface area contributed by atoms with Crippen molar-refractivity contribution < 1.29 is 4.79 Å². The Morgan fingerprint density at radius 2 is 1.82 bits per heavy atom. The third-order valence-electron chi connectivity index (χ3n) is 3.32. The van der Waals surface area contributed by atoms with Crippen molar-refractivity contribution in [3.8, 4) is 0 Å². The quantitative estimate of drug-likeness (QED) is 0.564. The average Bonchev–Trinajstić information content (AvgIpc) is 1.90. The standard InChI is InChI=1S/C10H16O/c11-10-7-2-1-6-9(10)8-4-3-5-8/h8-9H,1-7H2. The Morgan fingerprint density at radius 1 is 1.00 bits per heavy atom. The first-order valence-corrected chi connectivity index (χ1v) is 4.90. The van der Waals surface area contributed by atoms with Gasteiger partial charge in [-0.3, -0.25) is 4.79 Å². The summed E-state index contributed by atoms with van der Waals surface area (Å²) >= 11 is 0. The summed E-state index contributed by atoms with van der Waals surface area (Å²) in [5.41, 5.74) is 0. The summed E-state index contributed by atoms with van der Waals surface area (Å²) in [5, 5.41) is 0. The summed E-state index contributed by atoms with van der Waals surface area (Å²) < 4.78 is 0. The molecule has 11 heavy (non-hydrogen) atoms. The van der Waals surface area contributed by atoms with E-state index in [-0.39, 0.29) is 0 Å². The van der Waals surface area contributed by atoms with Crippen LogP contribution in [0, 0.1) is 11.8 Å². The summed E-state index contributed by atoms with van der Waals surface area (Å²) in [4.78, 5) is 11.4. The number of carbonyl (C=O) groups excluding carboxylic acids is 1. The Morgan fingerprint density at radius 3 is 2.36 bits per heavy atom. The number of rotatable bonds is 1. The molecule has 1 heteroatoms. The molecule has 0 N–H and O–H groups in total. The first kappa shape index (κ1) is 7.33. The van der Waals surface area contributed by atoms with Crippen LogP contribution in [0.1, 0.15) is 44.9 Å². The lowest BCUT2D eigenvalue weighted by molar-refractivity contribution is -0.127. The van der Waals surface area contributed by atoms with Crippen LogP contribution in [0.2, 0.25) is 0 Å². The fourth-order valence-corrected chi connectivity index (χ4v) is 2.35. The zero-order chi connectivity index (χ0) is 7.68. The monoisotopic (exact) mass is 152 g/mol. The highest BCUT2D eigenvalue weighted by Crippen LogP contribution is 2.39. The third-order valence-corrected chi connectivity index (χ3v) is 3.32. The van der Waals surface area contributed by atoms with E-state index in [4.69, 9.17) is 0 Å². The van der Waals surface area contributed by atoms with Crippen molar-refractivity contribution in [2.75, 3.05) is 0 Å². The van der Waals surface area contributed by atoms with E-state index in [0.717, 1.165) is 18.8 Å². The predicted octanol–water partition coefficient (Wildman–Crippen LogP) is 2.55. The lowest BCUT2D eigenvalue weighted by Gasteiger charge is -2.34. The molecule has 0 aromatic carbocycles. The first-order valence-electron chi connectivity index (χ1n) is 4.90. The van der Waals surface area contributed by atoms with Crippen LogP contribution in [0.25, 0.3) is 0 Å². The van der Waals surface area contributed by atoms with Crippen LogP contribution in [0.5, 0.6) is 0 Å². The normalized spacial score (nSPS) is 33.5. The molecule has 2 fully saturated rings. The van der Waals surface area contributed by atoms with Crippen molar-refractivity contribution in [2.24, 2.45) is 11.8 Å². The second-order valence-corrected chi connectivity index (χ2v) is 4.01. The Labute approximate surface area is 68.2 Å². The van der Waals surface area contributed by atoms with Gasteiger partial charge in [-0.05, 0) is 31.6 Å². The molecule has 1 unspecified atom stereocenters. The van der Waals surface area contributed by atoms with Gasteiger partial charge in [-0.1, -0.05) is 12.8 Å². The van der Waals surface area contributed by atoms with Gasteiger partial charge in [0.05, 0.1) is 0 Å². The van der Waals surface area contributed by atoms with Crippen LogP contribution in [0.15, 0.2) is 0 Å². The van der Waals surface area contributed by atoms with Crippen LogP contribution >= 0.6 is 0 Å². The molecule has 0 aromatic rings. The van der Waals surface area contributed by atoms with Gasteiger partial charge in [-0.2, -0.15) is 0 Å². The maximum Gasteiger partial charge on any atom is 0.136 e. The molecule has 2 aliphatic rings. The van der Waals surface area contributed by atoms with E-state index >= 15 is 0 Å². The van der Waals surface area contributed by atoms with E-state index in [2.05, 4.69) is 0 Å². The molecular formula is C10H16O. The fraction of sp³-hybridized carbons (Fsp3) is 0.900. The van der Waals surface area contributed by atoms with E-state index < -0.39 is 0 Å². The molecule has 2 saturated carbocycles. The van der Waals surface area contributed by atoms with E-state index in [1.54, 1.807) is 0 Å². The number of carbonyl (C=O) groups is 1. The Kier molecular flexibility index (Phi) is 1.97. The van der Waals surface area contributed by atoms with Crippen LogP contribution in [-0.4, -0.2) is 5.78 Å². The number of Topliss-reactive ketones (excluding diaryl/α,β-unsaturated/α-hetero) is 1. The van der Waals surface area contributed by atoms with E-state index in [9.17, 15) is 4.79 Å². The summed E-state index contributed by atoms with van der Waals surface area (Å²) in [5.74, 6) is 1.85. The van der Waals surface area contributed by atoms with E-state index in [1.807, 2.05) is 0 Å². The predicted molar refractivity (Wildman–Crippen MR) is 44.3 cm³/mol. The zero-order valence-corrected chi connectivity index (χ0v) is 7.01. The van der Waals surface area contributed by atoms with Crippen LogP contribution in [0.3, 0.4) is 0 Å². The topological polar surface area (TPSA) is 17.1 Å². The van der Waals surface area contributed by atoms with Crippen molar-refractivity contribution >= 4 is 5.78 Å². The second-order valence-electron chi connectivity index (χ2n) is 4.01. The SMILES string of the molecule is O=C1CCCCC1C1CCC1. The average molecular weight is 152 g/mol. The van der Waals surface area contributed by atoms with Crippen LogP contribution in [-0.2, 0) is 4.79 Å². The summed E-state index contributed by atoms with van der Waals surface area (Å²) in [7, 11) is 0.